The van der Waals surface area contributed by atoms with E-state index < -0.39 is 7.14 Å². The Kier molecular flexibility index (Phi) is 9.91. The molecular weight excluding hydrogens is 627 g/mol. The summed E-state index contributed by atoms with van der Waals surface area (Å²) in [5.41, 5.74) is 3.68. The highest BCUT2D eigenvalue weighted by molar-refractivity contribution is 7.71. The maximum absolute atomic E-state index is 13.4. The summed E-state index contributed by atoms with van der Waals surface area (Å²) in [6.07, 6.45) is 8.16. The van der Waals surface area contributed by atoms with E-state index >= 15 is 0 Å². The third kappa shape index (κ3) is 7.28. The van der Waals surface area contributed by atoms with Crippen molar-refractivity contribution in [3.63, 3.8) is 0 Å². The predicted molar refractivity (Wildman–Crippen MR) is 192 cm³/mol. The van der Waals surface area contributed by atoms with Crippen molar-refractivity contribution in [3.05, 3.63) is 47.9 Å². The van der Waals surface area contributed by atoms with Gasteiger partial charge in [-0.1, -0.05) is 0 Å². The largest absolute Gasteiger partial charge is 0.479 e. The van der Waals surface area contributed by atoms with Gasteiger partial charge >= 0.3 is 0 Å². The highest BCUT2D eigenvalue weighted by Gasteiger charge is 2.29. The first-order chi connectivity index (χ1) is 23.0. The van der Waals surface area contributed by atoms with Crippen molar-refractivity contribution in [2.45, 2.75) is 39.2 Å². The van der Waals surface area contributed by atoms with Gasteiger partial charge in [0.15, 0.2) is 5.78 Å². The summed E-state index contributed by atoms with van der Waals surface area (Å²) in [5, 5.41) is 7.20. The van der Waals surface area contributed by atoms with Crippen LogP contribution in [0.15, 0.2) is 36.8 Å². The van der Waals surface area contributed by atoms with Gasteiger partial charge in [0, 0.05) is 56.4 Å². The van der Waals surface area contributed by atoms with Crippen molar-refractivity contribution in [2.75, 3.05) is 82.3 Å². The number of methoxy groups -OCH3 is 1. The van der Waals surface area contributed by atoms with Crippen molar-refractivity contribution in [1.82, 2.24) is 34.7 Å². The number of aromatic nitrogens is 5. The van der Waals surface area contributed by atoms with Crippen LogP contribution in [0.1, 0.15) is 42.1 Å². The van der Waals surface area contributed by atoms with Gasteiger partial charge in [-0.3, -0.25) is 19.7 Å². The number of carbonyl (C=O) groups excluding carboxylic acids is 1. The molecule has 1 aromatic carbocycles. The lowest BCUT2D eigenvalue weighted by atomic mass is 10.0. The number of likely N-dealkylation sites (N-methyl/N-ethyl adjacent to an activating group) is 1. The predicted octanol–water partition coefficient (Wildman–Crippen LogP) is 4.68. The van der Waals surface area contributed by atoms with Crippen LogP contribution < -0.4 is 25.6 Å². The molecule has 0 unspecified atom stereocenters. The van der Waals surface area contributed by atoms with E-state index in [-0.39, 0.29) is 11.7 Å². The molecular formula is C34H45N10O3P. The van der Waals surface area contributed by atoms with Gasteiger partial charge in [-0.2, -0.15) is 9.97 Å². The minimum Gasteiger partial charge on any atom is -0.479 e. The van der Waals surface area contributed by atoms with Crippen LogP contribution in [0.2, 0.25) is 0 Å². The molecule has 2 saturated heterocycles. The Morgan fingerprint density at radius 3 is 2.46 bits per heavy atom. The maximum Gasteiger partial charge on any atom is 0.239 e. The van der Waals surface area contributed by atoms with E-state index in [0.29, 0.717) is 56.8 Å². The Morgan fingerprint density at radius 2 is 1.73 bits per heavy atom. The quantitative estimate of drug-likeness (QED) is 0.188. The molecule has 13 nitrogen and oxygen atoms in total. The molecule has 0 aliphatic carbocycles. The topological polar surface area (TPSA) is 142 Å². The second kappa shape index (κ2) is 14.1. The zero-order chi connectivity index (χ0) is 34.0. The highest BCUT2D eigenvalue weighted by Crippen LogP contribution is 2.41. The molecule has 0 atom stereocenters. The second-order valence-corrected chi connectivity index (χ2v) is 16.2. The lowest BCUT2D eigenvalue weighted by Crippen LogP contribution is -2.46. The standard InChI is InChI=1S/C34H45N10O3P/c1-22-21-37-34(40-31(22)38-27-9-8-26-29(36-13-12-35-26)30(27)48(5,6)46)39-28-20-25(23(2)45)32(41-33(28)47-4)44-16-10-24(11-17-44)43-15-7-14-42(3)18-19-43/h8-9,12-13,20-21,24H,7,10-11,14-19H2,1-6H3,(H2,37,38,39,40). The summed E-state index contributed by atoms with van der Waals surface area (Å²) < 4.78 is 19.2. The number of aryl methyl sites for hydroxylation is 1. The first kappa shape index (κ1) is 33.7. The molecule has 0 bridgehead atoms. The van der Waals surface area contributed by atoms with Gasteiger partial charge < -0.3 is 29.7 Å². The van der Waals surface area contributed by atoms with Gasteiger partial charge in [-0.25, -0.2) is 4.98 Å². The van der Waals surface area contributed by atoms with E-state index in [1.165, 1.54) is 6.42 Å². The smallest absolute Gasteiger partial charge is 0.239 e. The fourth-order valence-electron chi connectivity index (χ4n) is 6.65. The van der Waals surface area contributed by atoms with Gasteiger partial charge in [0.2, 0.25) is 11.8 Å². The molecule has 2 N–H and O–H groups in total. The van der Waals surface area contributed by atoms with Gasteiger partial charge in [0.25, 0.3) is 0 Å². The lowest BCUT2D eigenvalue weighted by Gasteiger charge is -2.39. The molecule has 254 valence electrons. The molecule has 14 heteroatoms. The number of rotatable bonds is 9. The van der Waals surface area contributed by atoms with E-state index in [2.05, 4.69) is 47.3 Å². The minimum atomic E-state index is -2.77. The normalized spacial score (nSPS) is 16.9. The van der Waals surface area contributed by atoms with Crippen LogP contribution >= 0.6 is 7.14 Å². The van der Waals surface area contributed by atoms with Gasteiger partial charge in [-0.05, 0) is 84.8 Å². The van der Waals surface area contributed by atoms with Crippen LogP contribution in [0.4, 0.5) is 29.0 Å². The Morgan fingerprint density at radius 1 is 0.958 bits per heavy atom. The molecule has 5 heterocycles. The molecule has 6 rings (SSSR count). The molecule has 2 fully saturated rings. The Labute approximate surface area is 281 Å². The number of nitrogens with one attached hydrogen (secondary N) is 2. The Hall–Kier alpha value is -4.19. The summed E-state index contributed by atoms with van der Waals surface area (Å²) in [7, 11) is 0.995. The van der Waals surface area contributed by atoms with Gasteiger partial charge in [0.05, 0.1) is 29.2 Å². The number of piperidine rings is 1. The fourth-order valence-corrected chi connectivity index (χ4v) is 8.04. The molecule has 2 aliphatic rings. The van der Waals surface area contributed by atoms with Crippen molar-refractivity contribution < 1.29 is 14.1 Å². The van der Waals surface area contributed by atoms with Crippen molar-refractivity contribution >= 4 is 58.2 Å². The van der Waals surface area contributed by atoms with Crippen LogP contribution in [-0.2, 0) is 4.57 Å². The number of ketones is 1. The number of nitrogens with zero attached hydrogens (tertiary/aromatic N) is 8. The van der Waals surface area contributed by atoms with Crippen LogP contribution in [0.25, 0.3) is 11.0 Å². The van der Waals surface area contributed by atoms with Crippen LogP contribution in [-0.4, -0.2) is 113 Å². The van der Waals surface area contributed by atoms with E-state index in [4.69, 9.17) is 14.7 Å². The van der Waals surface area contributed by atoms with Gasteiger partial charge in [0.1, 0.15) is 30.0 Å². The SMILES string of the molecule is COc1nc(N2CCC(N3CCCN(C)CC3)CC2)c(C(C)=O)cc1Nc1ncc(C)c(Nc2ccc3nccnc3c2P(C)(C)=O)n1. The summed E-state index contributed by atoms with van der Waals surface area (Å²) >= 11 is 0. The molecule has 3 aromatic heterocycles. The van der Waals surface area contributed by atoms with Crippen LogP contribution in [0, 0.1) is 6.92 Å². The number of hydrogen-bond donors (Lipinski definition) is 2. The number of carbonyl (C=O) groups is 1. The van der Waals surface area contributed by atoms with E-state index in [1.54, 1.807) is 52.0 Å². The number of ether oxygens (including phenoxy) is 1. The third-order valence-corrected chi connectivity index (χ3v) is 10.7. The molecule has 48 heavy (non-hydrogen) atoms. The molecule has 2 aliphatic heterocycles. The third-order valence-electron chi connectivity index (χ3n) is 9.20. The summed E-state index contributed by atoms with van der Waals surface area (Å²) in [6.45, 7) is 13.0. The fraction of sp³-hybridized carbons (Fsp3) is 0.471. The molecule has 0 radical (unpaired) electrons. The van der Waals surface area contributed by atoms with Crippen molar-refractivity contribution in [3.8, 4) is 5.88 Å². The minimum absolute atomic E-state index is 0.0800. The molecule has 0 spiro atoms. The van der Waals surface area contributed by atoms with Crippen LogP contribution in [0.3, 0.4) is 0 Å². The molecule has 4 aromatic rings. The average molecular weight is 673 g/mol. The van der Waals surface area contributed by atoms with E-state index in [9.17, 15) is 9.36 Å². The lowest BCUT2D eigenvalue weighted by molar-refractivity contribution is 0.101. The summed E-state index contributed by atoms with van der Waals surface area (Å²) in [6, 6.07) is 6.01. The monoisotopic (exact) mass is 672 g/mol. The van der Waals surface area contributed by atoms with Crippen LogP contribution in [0.5, 0.6) is 5.88 Å². The highest BCUT2D eigenvalue weighted by atomic mass is 31.2. The zero-order valence-corrected chi connectivity index (χ0v) is 29.5. The number of fused-ring (bicyclic) bond motifs is 1. The summed E-state index contributed by atoms with van der Waals surface area (Å²) in [4.78, 5) is 43.2. The number of hydrogen-bond acceptors (Lipinski definition) is 13. The zero-order valence-electron chi connectivity index (χ0n) is 28.7. The second-order valence-electron chi connectivity index (χ2n) is 13.1. The number of benzene rings is 1. The molecule has 0 saturated carbocycles. The van der Waals surface area contributed by atoms with E-state index in [0.717, 1.165) is 57.7 Å². The maximum atomic E-state index is 13.4. The Bertz CT molecular complexity index is 1860. The van der Waals surface area contributed by atoms with Crippen molar-refractivity contribution in [1.29, 1.82) is 0 Å². The number of Topliss-reactive ketones (excluding diaryl/α,β-unsaturated/α-hetero) is 1. The first-order valence-corrected chi connectivity index (χ1v) is 19.1. The van der Waals surface area contributed by atoms with Gasteiger partial charge in [-0.15, -0.1) is 0 Å². The van der Waals surface area contributed by atoms with E-state index in [1.807, 2.05) is 19.1 Å². The average Bonchev–Trinajstić information content (AvgIpc) is 3.29. The first-order valence-electron chi connectivity index (χ1n) is 16.5. The number of anilines is 5. The van der Waals surface area contributed by atoms with Crippen molar-refractivity contribution in [2.24, 2.45) is 0 Å². The molecule has 0 amide bonds. The number of pyridine rings is 1. The summed E-state index contributed by atoms with van der Waals surface area (Å²) in [5.74, 6) is 1.72. The Balaban J connectivity index is 1.24.